The summed E-state index contributed by atoms with van der Waals surface area (Å²) >= 11 is 0. The third kappa shape index (κ3) is 3.80. The average Bonchev–Trinajstić information content (AvgIpc) is 2.46. The number of hydrogen-bond donors (Lipinski definition) is 0. The number of ketones is 1. The van der Waals surface area contributed by atoms with Crippen molar-refractivity contribution in [1.29, 1.82) is 0 Å². The van der Waals surface area contributed by atoms with Crippen molar-refractivity contribution in [1.82, 2.24) is 0 Å². The minimum absolute atomic E-state index is 0.223. The molecular formula is C19H22O. The molecule has 0 radical (unpaired) electrons. The van der Waals surface area contributed by atoms with E-state index < -0.39 is 0 Å². The van der Waals surface area contributed by atoms with Gasteiger partial charge in [-0.25, -0.2) is 0 Å². The van der Waals surface area contributed by atoms with Crippen molar-refractivity contribution in [2.24, 2.45) is 0 Å². The molecule has 0 spiro atoms. The van der Waals surface area contributed by atoms with Crippen LogP contribution in [0.1, 0.15) is 53.2 Å². The normalized spacial score (nSPS) is 10.8. The molecule has 0 heterocycles. The minimum Gasteiger partial charge on any atom is -0.294 e. The first kappa shape index (κ1) is 14.5. The summed E-state index contributed by atoms with van der Waals surface area (Å²) in [6.07, 6.45) is 1.38. The van der Waals surface area contributed by atoms with Gasteiger partial charge >= 0.3 is 0 Å². The molecule has 0 aromatic heterocycles. The Bertz CT molecular complexity index is 562. The standard InChI is InChI=1S/C19H22O/c1-14(2)17-9-11-18(12-10-17)19(20)13-8-16-6-4-15(3)5-7-16/h4-7,9-12,14H,8,13H2,1-3H3. The van der Waals surface area contributed by atoms with Crippen molar-refractivity contribution < 1.29 is 4.79 Å². The zero-order chi connectivity index (χ0) is 14.5. The molecule has 2 aromatic rings. The number of Topliss-reactive ketones (excluding diaryl/α,β-unsaturated/α-hetero) is 1. The van der Waals surface area contributed by atoms with Crippen LogP contribution in [0.3, 0.4) is 0 Å². The first-order valence-corrected chi connectivity index (χ1v) is 7.25. The molecule has 104 valence electrons. The predicted octanol–water partition coefficient (Wildman–Crippen LogP) is 4.93. The summed E-state index contributed by atoms with van der Waals surface area (Å²) in [4.78, 5) is 12.2. The SMILES string of the molecule is Cc1ccc(CCC(=O)c2ccc(C(C)C)cc2)cc1. The maximum atomic E-state index is 12.2. The van der Waals surface area contributed by atoms with Crippen LogP contribution in [0.4, 0.5) is 0 Å². The van der Waals surface area contributed by atoms with Crippen molar-refractivity contribution in [3.05, 3.63) is 70.8 Å². The smallest absolute Gasteiger partial charge is 0.163 e. The van der Waals surface area contributed by atoms with Crippen LogP contribution in [0.2, 0.25) is 0 Å². The Kier molecular flexibility index (Phi) is 4.73. The zero-order valence-electron chi connectivity index (χ0n) is 12.5. The minimum atomic E-state index is 0.223. The number of hydrogen-bond acceptors (Lipinski definition) is 1. The summed E-state index contributed by atoms with van der Waals surface area (Å²) in [5, 5.41) is 0. The van der Waals surface area contributed by atoms with Crippen LogP contribution in [-0.2, 0) is 6.42 Å². The average molecular weight is 266 g/mol. The highest BCUT2D eigenvalue weighted by Crippen LogP contribution is 2.16. The third-order valence-electron chi connectivity index (χ3n) is 3.66. The van der Waals surface area contributed by atoms with E-state index in [1.165, 1.54) is 16.7 Å². The summed E-state index contributed by atoms with van der Waals surface area (Å²) in [6.45, 7) is 6.40. The molecule has 0 aliphatic rings. The number of carbonyl (C=O) groups excluding carboxylic acids is 1. The Hall–Kier alpha value is -1.89. The van der Waals surface area contributed by atoms with Gasteiger partial charge in [0.15, 0.2) is 5.78 Å². The lowest BCUT2D eigenvalue weighted by atomic mass is 9.98. The largest absolute Gasteiger partial charge is 0.294 e. The fourth-order valence-corrected chi connectivity index (χ4v) is 2.21. The quantitative estimate of drug-likeness (QED) is 0.701. The molecule has 0 atom stereocenters. The van der Waals surface area contributed by atoms with E-state index in [-0.39, 0.29) is 5.78 Å². The van der Waals surface area contributed by atoms with Gasteiger partial charge in [0, 0.05) is 12.0 Å². The van der Waals surface area contributed by atoms with E-state index in [2.05, 4.69) is 57.2 Å². The van der Waals surface area contributed by atoms with E-state index in [0.29, 0.717) is 12.3 Å². The van der Waals surface area contributed by atoms with E-state index in [0.717, 1.165) is 12.0 Å². The molecule has 0 fully saturated rings. The Balaban J connectivity index is 1.96. The monoisotopic (exact) mass is 266 g/mol. The third-order valence-corrected chi connectivity index (χ3v) is 3.66. The molecule has 0 saturated carbocycles. The molecule has 0 aliphatic carbocycles. The maximum Gasteiger partial charge on any atom is 0.163 e. The topological polar surface area (TPSA) is 17.1 Å². The second kappa shape index (κ2) is 6.51. The van der Waals surface area contributed by atoms with Gasteiger partial charge in [0.1, 0.15) is 0 Å². The van der Waals surface area contributed by atoms with Crippen molar-refractivity contribution >= 4 is 5.78 Å². The molecule has 1 nitrogen and oxygen atoms in total. The number of carbonyl (C=O) groups is 1. The predicted molar refractivity (Wildman–Crippen MR) is 84.4 cm³/mol. The van der Waals surface area contributed by atoms with Crippen molar-refractivity contribution in [2.45, 2.75) is 39.5 Å². The molecule has 1 heteroatoms. The second-order valence-corrected chi connectivity index (χ2v) is 5.69. The highest BCUT2D eigenvalue weighted by Gasteiger charge is 2.07. The fraction of sp³-hybridized carbons (Fsp3) is 0.316. The van der Waals surface area contributed by atoms with Crippen LogP contribution in [0.15, 0.2) is 48.5 Å². The van der Waals surface area contributed by atoms with Crippen LogP contribution >= 0.6 is 0 Å². The van der Waals surface area contributed by atoms with Gasteiger partial charge in [0.05, 0.1) is 0 Å². The van der Waals surface area contributed by atoms with Crippen molar-refractivity contribution in [3.63, 3.8) is 0 Å². The Morgan fingerprint density at radius 2 is 1.55 bits per heavy atom. The van der Waals surface area contributed by atoms with Gasteiger partial charge in [-0.2, -0.15) is 0 Å². The van der Waals surface area contributed by atoms with Crippen LogP contribution < -0.4 is 0 Å². The fourth-order valence-electron chi connectivity index (χ4n) is 2.21. The number of aryl methyl sites for hydroxylation is 2. The molecule has 0 aliphatic heterocycles. The summed E-state index contributed by atoms with van der Waals surface area (Å²) in [5.74, 6) is 0.729. The number of rotatable bonds is 5. The highest BCUT2D eigenvalue weighted by molar-refractivity contribution is 5.96. The zero-order valence-corrected chi connectivity index (χ0v) is 12.5. The summed E-state index contributed by atoms with van der Waals surface area (Å²) < 4.78 is 0. The van der Waals surface area contributed by atoms with E-state index in [1.54, 1.807) is 0 Å². The number of benzene rings is 2. The molecule has 0 N–H and O–H groups in total. The van der Waals surface area contributed by atoms with Gasteiger partial charge in [-0.1, -0.05) is 67.9 Å². The summed E-state index contributed by atoms with van der Waals surface area (Å²) in [6, 6.07) is 16.4. The lowest BCUT2D eigenvalue weighted by Crippen LogP contribution is -2.01. The van der Waals surface area contributed by atoms with Gasteiger partial charge in [-0.3, -0.25) is 4.79 Å². The van der Waals surface area contributed by atoms with Crippen LogP contribution in [0.5, 0.6) is 0 Å². The molecule has 2 rings (SSSR count). The van der Waals surface area contributed by atoms with Crippen LogP contribution in [0.25, 0.3) is 0 Å². The first-order chi connectivity index (χ1) is 9.56. The summed E-state index contributed by atoms with van der Waals surface area (Å²) in [7, 11) is 0. The Morgan fingerprint density at radius 3 is 2.10 bits per heavy atom. The van der Waals surface area contributed by atoms with Crippen molar-refractivity contribution in [3.8, 4) is 0 Å². The molecular weight excluding hydrogens is 244 g/mol. The molecule has 0 saturated heterocycles. The lowest BCUT2D eigenvalue weighted by Gasteiger charge is -2.06. The summed E-state index contributed by atoms with van der Waals surface area (Å²) in [5.41, 5.74) is 4.58. The second-order valence-electron chi connectivity index (χ2n) is 5.69. The van der Waals surface area contributed by atoms with Crippen molar-refractivity contribution in [2.75, 3.05) is 0 Å². The Morgan fingerprint density at radius 1 is 0.950 bits per heavy atom. The van der Waals surface area contributed by atoms with Gasteiger partial charge in [0.2, 0.25) is 0 Å². The van der Waals surface area contributed by atoms with Crippen LogP contribution in [0, 0.1) is 6.92 Å². The highest BCUT2D eigenvalue weighted by atomic mass is 16.1. The molecule has 20 heavy (non-hydrogen) atoms. The lowest BCUT2D eigenvalue weighted by molar-refractivity contribution is 0.0983. The van der Waals surface area contributed by atoms with E-state index in [9.17, 15) is 4.79 Å². The molecule has 0 amide bonds. The van der Waals surface area contributed by atoms with Gasteiger partial charge < -0.3 is 0 Å². The first-order valence-electron chi connectivity index (χ1n) is 7.25. The van der Waals surface area contributed by atoms with Gasteiger partial charge in [0.25, 0.3) is 0 Å². The van der Waals surface area contributed by atoms with Gasteiger partial charge in [-0.15, -0.1) is 0 Å². The molecule has 2 aromatic carbocycles. The molecule has 0 bridgehead atoms. The van der Waals surface area contributed by atoms with Gasteiger partial charge in [-0.05, 0) is 30.4 Å². The Labute approximate surface area is 121 Å². The molecule has 0 unspecified atom stereocenters. The van der Waals surface area contributed by atoms with E-state index in [1.807, 2.05) is 12.1 Å². The van der Waals surface area contributed by atoms with E-state index in [4.69, 9.17) is 0 Å². The van der Waals surface area contributed by atoms with Crippen LogP contribution in [-0.4, -0.2) is 5.78 Å². The maximum absolute atomic E-state index is 12.2. The van der Waals surface area contributed by atoms with E-state index >= 15 is 0 Å².